The van der Waals surface area contributed by atoms with Gasteiger partial charge < -0.3 is 19.6 Å². The van der Waals surface area contributed by atoms with Crippen molar-refractivity contribution in [3.63, 3.8) is 0 Å². The minimum Gasteiger partial charge on any atom is -0.479 e. The maximum absolute atomic E-state index is 12.6. The van der Waals surface area contributed by atoms with E-state index in [4.69, 9.17) is 27.9 Å². The molecule has 154 valence electrons. The number of benzene rings is 1. The Morgan fingerprint density at radius 2 is 1.86 bits per heavy atom. The Morgan fingerprint density at radius 3 is 2.36 bits per heavy atom. The first-order chi connectivity index (χ1) is 13.0. The average Bonchev–Trinajstić information content (AvgIpc) is 3.06. The highest BCUT2D eigenvalue weighted by Crippen LogP contribution is 2.32. The summed E-state index contributed by atoms with van der Waals surface area (Å²) in [6.07, 6.45) is -0.530. The third kappa shape index (κ3) is 5.08. The lowest BCUT2D eigenvalue weighted by Crippen LogP contribution is -2.59. The predicted molar refractivity (Wildman–Crippen MR) is 106 cm³/mol. The second-order valence-electron chi connectivity index (χ2n) is 7.73. The monoisotopic (exact) mass is 430 g/mol. The van der Waals surface area contributed by atoms with Gasteiger partial charge in [0, 0.05) is 24.5 Å². The molecule has 1 saturated heterocycles. The minimum atomic E-state index is -1.58. The lowest BCUT2D eigenvalue weighted by Gasteiger charge is -2.37. The van der Waals surface area contributed by atoms with Gasteiger partial charge in [0.2, 0.25) is 5.91 Å². The highest BCUT2D eigenvalue weighted by molar-refractivity contribution is 6.30. The molecule has 0 spiro atoms. The van der Waals surface area contributed by atoms with Crippen LogP contribution in [0.4, 0.5) is 4.79 Å². The summed E-state index contributed by atoms with van der Waals surface area (Å²) in [7, 11) is 0. The number of nitrogens with zero attached hydrogens (tertiary/aromatic N) is 2. The van der Waals surface area contributed by atoms with E-state index in [1.54, 1.807) is 45.0 Å². The number of carboxylic acids is 1. The Morgan fingerprint density at radius 1 is 1.25 bits per heavy atom. The number of likely N-dealkylation sites (tertiary alicyclic amines) is 1. The van der Waals surface area contributed by atoms with Gasteiger partial charge in [-0.05, 0) is 38.5 Å². The summed E-state index contributed by atoms with van der Waals surface area (Å²) in [5, 5.41) is 10.5. The van der Waals surface area contributed by atoms with Crippen molar-refractivity contribution >= 4 is 41.2 Å². The molecule has 0 saturated carbocycles. The summed E-state index contributed by atoms with van der Waals surface area (Å²) in [6.45, 7) is 5.22. The largest absolute Gasteiger partial charge is 0.479 e. The van der Waals surface area contributed by atoms with Gasteiger partial charge in [0.05, 0.1) is 6.54 Å². The predicted octanol–water partition coefficient (Wildman–Crippen LogP) is 3.37. The standard InChI is InChI=1S/C19H24Cl2N2O5/c1-18(2,3)28-17(27)22-9-8-19(12-22,16(25)26)23(15(24)10-20)11-13-4-6-14(21)7-5-13/h4-7H,8-12H2,1-3H3,(H,25,26). The molecule has 1 atom stereocenters. The maximum Gasteiger partial charge on any atom is 0.410 e. The second-order valence-corrected chi connectivity index (χ2v) is 8.43. The molecule has 1 aliphatic heterocycles. The number of hydrogen-bond donors (Lipinski definition) is 1. The molecule has 1 fully saturated rings. The summed E-state index contributed by atoms with van der Waals surface area (Å²) in [6, 6.07) is 6.75. The molecule has 2 rings (SSSR count). The van der Waals surface area contributed by atoms with Crippen LogP contribution in [0.2, 0.25) is 5.02 Å². The molecular weight excluding hydrogens is 407 g/mol. The molecule has 0 aromatic heterocycles. The number of amides is 2. The van der Waals surface area contributed by atoms with E-state index in [0.717, 1.165) is 0 Å². The lowest BCUT2D eigenvalue weighted by atomic mass is 9.95. The third-order valence-electron chi connectivity index (χ3n) is 4.48. The topological polar surface area (TPSA) is 87.2 Å². The first-order valence-corrected chi connectivity index (χ1v) is 9.72. The van der Waals surface area contributed by atoms with Crippen molar-refractivity contribution in [3.8, 4) is 0 Å². The van der Waals surface area contributed by atoms with E-state index in [2.05, 4.69) is 0 Å². The number of carbonyl (C=O) groups excluding carboxylic acids is 2. The van der Waals surface area contributed by atoms with Crippen LogP contribution in [0.15, 0.2) is 24.3 Å². The van der Waals surface area contributed by atoms with Gasteiger partial charge >= 0.3 is 12.1 Å². The molecule has 1 heterocycles. The number of rotatable bonds is 5. The minimum absolute atomic E-state index is 0.0389. The van der Waals surface area contributed by atoms with Crippen LogP contribution in [0.5, 0.6) is 0 Å². The number of hydrogen-bond acceptors (Lipinski definition) is 4. The van der Waals surface area contributed by atoms with E-state index >= 15 is 0 Å². The maximum atomic E-state index is 12.6. The first kappa shape index (κ1) is 22.3. The van der Waals surface area contributed by atoms with Crippen molar-refractivity contribution in [2.45, 2.75) is 44.9 Å². The highest BCUT2D eigenvalue weighted by atomic mass is 35.5. The number of carboxylic acid groups (broad SMARTS) is 1. The number of ether oxygens (including phenoxy) is 1. The number of alkyl halides is 1. The normalized spacial score (nSPS) is 19.4. The van der Waals surface area contributed by atoms with Gasteiger partial charge in [0.15, 0.2) is 5.54 Å². The van der Waals surface area contributed by atoms with Gasteiger partial charge in [-0.1, -0.05) is 23.7 Å². The average molecular weight is 431 g/mol. The van der Waals surface area contributed by atoms with Crippen molar-refractivity contribution in [2.24, 2.45) is 0 Å². The summed E-state index contributed by atoms with van der Waals surface area (Å²) >= 11 is 11.7. The zero-order valence-electron chi connectivity index (χ0n) is 16.1. The Balaban J connectivity index is 2.31. The smallest absolute Gasteiger partial charge is 0.410 e. The zero-order valence-corrected chi connectivity index (χ0v) is 17.6. The Bertz CT molecular complexity index is 748. The molecule has 1 aromatic rings. The van der Waals surface area contributed by atoms with E-state index < -0.39 is 29.1 Å². The van der Waals surface area contributed by atoms with Crippen molar-refractivity contribution in [2.75, 3.05) is 19.0 Å². The van der Waals surface area contributed by atoms with E-state index in [1.807, 2.05) is 0 Å². The van der Waals surface area contributed by atoms with E-state index in [9.17, 15) is 19.5 Å². The fourth-order valence-corrected chi connectivity index (χ4v) is 3.38. The van der Waals surface area contributed by atoms with Gasteiger partial charge in [0.25, 0.3) is 0 Å². The van der Waals surface area contributed by atoms with E-state index in [0.29, 0.717) is 10.6 Å². The SMILES string of the molecule is CC(C)(C)OC(=O)N1CCC(C(=O)O)(N(Cc2ccc(Cl)cc2)C(=O)CCl)C1. The number of aliphatic carboxylic acids is 1. The van der Waals surface area contributed by atoms with Gasteiger partial charge in [-0.3, -0.25) is 4.79 Å². The molecule has 28 heavy (non-hydrogen) atoms. The number of halogens is 2. The molecule has 7 nitrogen and oxygen atoms in total. The van der Waals surface area contributed by atoms with Crippen LogP contribution >= 0.6 is 23.2 Å². The summed E-state index contributed by atoms with van der Waals surface area (Å²) in [5.41, 5.74) is -1.58. The van der Waals surface area contributed by atoms with Crippen LogP contribution in [-0.2, 0) is 20.9 Å². The van der Waals surface area contributed by atoms with Gasteiger partial charge in [0.1, 0.15) is 11.5 Å². The lowest BCUT2D eigenvalue weighted by molar-refractivity contribution is -0.158. The summed E-state index contributed by atoms with van der Waals surface area (Å²) in [5.74, 6) is -2.08. The first-order valence-electron chi connectivity index (χ1n) is 8.81. The fraction of sp³-hybridized carbons (Fsp3) is 0.526. The summed E-state index contributed by atoms with van der Waals surface area (Å²) < 4.78 is 5.34. The van der Waals surface area contributed by atoms with Crippen molar-refractivity contribution in [1.29, 1.82) is 0 Å². The van der Waals surface area contributed by atoms with Crippen LogP contribution in [0, 0.1) is 0 Å². The molecule has 1 aromatic carbocycles. The number of carbonyl (C=O) groups is 3. The quantitative estimate of drug-likeness (QED) is 0.723. The Labute approximate surface area is 174 Å². The van der Waals surface area contributed by atoms with Crippen LogP contribution in [0.25, 0.3) is 0 Å². The zero-order chi connectivity index (χ0) is 21.1. The molecule has 0 bridgehead atoms. The molecule has 0 radical (unpaired) electrons. The van der Waals surface area contributed by atoms with Crippen LogP contribution < -0.4 is 0 Å². The van der Waals surface area contributed by atoms with Crippen molar-refractivity contribution in [3.05, 3.63) is 34.9 Å². The Kier molecular flexibility index (Phi) is 6.83. The van der Waals surface area contributed by atoms with E-state index in [1.165, 1.54) is 9.80 Å². The van der Waals surface area contributed by atoms with Gasteiger partial charge in [-0.25, -0.2) is 9.59 Å². The van der Waals surface area contributed by atoms with E-state index in [-0.39, 0.29) is 31.9 Å². The van der Waals surface area contributed by atoms with Gasteiger partial charge in [-0.2, -0.15) is 0 Å². The molecule has 2 amide bonds. The molecule has 1 N–H and O–H groups in total. The van der Waals surface area contributed by atoms with Crippen molar-refractivity contribution < 1.29 is 24.2 Å². The van der Waals surface area contributed by atoms with Crippen LogP contribution in [0.1, 0.15) is 32.8 Å². The molecule has 1 aliphatic rings. The molecule has 1 unspecified atom stereocenters. The summed E-state index contributed by atoms with van der Waals surface area (Å²) in [4.78, 5) is 39.7. The highest BCUT2D eigenvalue weighted by Gasteiger charge is 2.53. The van der Waals surface area contributed by atoms with Gasteiger partial charge in [-0.15, -0.1) is 11.6 Å². The molecule has 9 heteroatoms. The van der Waals surface area contributed by atoms with Crippen molar-refractivity contribution in [1.82, 2.24) is 9.80 Å². The van der Waals surface area contributed by atoms with Crippen LogP contribution in [-0.4, -0.2) is 63.0 Å². The molecule has 0 aliphatic carbocycles. The fourth-order valence-electron chi connectivity index (χ4n) is 3.11. The Hall–Kier alpha value is -1.99. The third-order valence-corrected chi connectivity index (χ3v) is 4.96. The molecular formula is C19H24Cl2N2O5. The van der Waals surface area contributed by atoms with Crippen LogP contribution in [0.3, 0.4) is 0 Å². The second kappa shape index (κ2) is 8.57.